The number of amides is 1. The summed E-state index contributed by atoms with van der Waals surface area (Å²) in [6.07, 6.45) is 2.12. The first-order chi connectivity index (χ1) is 13.1. The zero-order valence-corrected chi connectivity index (χ0v) is 14.7. The van der Waals surface area contributed by atoms with E-state index in [1.807, 2.05) is 0 Å². The summed E-state index contributed by atoms with van der Waals surface area (Å²) in [6, 6.07) is 4.76. The third-order valence-electron chi connectivity index (χ3n) is 4.50. The zero-order valence-electron chi connectivity index (χ0n) is 14.7. The average molecular weight is 371 g/mol. The van der Waals surface area contributed by atoms with Crippen molar-refractivity contribution in [3.63, 3.8) is 0 Å². The molecule has 3 aromatic rings. The van der Waals surface area contributed by atoms with Gasteiger partial charge in [0.25, 0.3) is 0 Å². The van der Waals surface area contributed by atoms with Crippen LogP contribution in [-0.4, -0.2) is 50.6 Å². The molecular weight excluding hydrogens is 353 g/mol. The Morgan fingerprint density at radius 2 is 2.37 bits per heavy atom. The number of hydrogen-bond donors (Lipinski definition) is 1. The first-order valence-corrected chi connectivity index (χ1v) is 8.54. The fourth-order valence-electron chi connectivity index (χ4n) is 2.99. The van der Waals surface area contributed by atoms with E-state index in [4.69, 9.17) is 9.47 Å². The molecule has 8 nitrogen and oxygen atoms in total. The van der Waals surface area contributed by atoms with Crippen LogP contribution >= 0.6 is 0 Å². The summed E-state index contributed by atoms with van der Waals surface area (Å²) in [5, 5.41) is 0. The van der Waals surface area contributed by atoms with Gasteiger partial charge in [-0.3, -0.25) is 0 Å². The van der Waals surface area contributed by atoms with Crippen LogP contribution in [0.2, 0.25) is 0 Å². The number of H-pyrrole nitrogens is 1. The number of ether oxygens (including phenoxy) is 2. The number of rotatable bonds is 3. The molecule has 0 spiro atoms. The predicted octanol–water partition coefficient (Wildman–Crippen LogP) is 2.51. The van der Waals surface area contributed by atoms with Crippen molar-refractivity contribution >= 4 is 17.3 Å². The second-order valence-electron chi connectivity index (χ2n) is 6.28. The molecule has 1 aromatic carbocycles. The van der Waals surface area contributed by atoms with Gasteiger partial charge in [0.1, 0.15) is 36.2 Å². The zero-order chi connectivity index (χ0) is 18.8. The van der Waals surface area contributed by atoms with Crippen LogP contribution < -0.4 is 0 Å². The van der Waals surface area contributed by atoms with Gasteiger partial charge < -0.3 is 19.4 Å². The largest absolute Gasteiger partial charge is 0.444 e. The molecule has 1 saturated heterocycles. The number of carbonyl (C=O) groups excluding carboxylic acids is 1. The van der Waals surface area contributed by atoms with Crippen LogP contribution in [0, 0.1) is 12.7 Å². The van der Waals surface area contributed by atoms with Gasteiger partial charge in [0, 0.05) is 12.1 Å². The van der Waals surface area contributed by atoms with Crippen molar-refractivity contribution in [1.82, 2.24) is 24.8 Å². The maximum absolute atomic E-state index is 13.9. The van der Waals surface area contributed by atoms with E-state index in [0.29, 0.717) is 35.7 Å². The van der Waals surface area contributed by atoms with Gasteiger partial charge in [-0.05, 0) is 18.6 Å². The summed E-state index contributed by atoms with van der Waals surface area (Å²) in [5.41, 5.74) is 2.36. The lowest BCUT2D eigenvalue weighted by Gasteiger charge is -2.31. The third kappa shape index (κ3) is 3.59. The standard InChI is InChI=1S/C18H18FN5O3/c1-11-3-2-4-13(19)12(11)9-27-18(25)24-5-6-26-15(8-24)17-22-14-7-20-10-21-16(14)23-17/h2-4,7,10,15H,5-6,8-9H2,1H3,(H,20,21,22,23). The van der Waals surface area contributed by atoms with Crippen molar-refractivity contribution in [1.29, 1.82) is 0 Å². The Balaban J connectivity index is 1.42. The molecule has 0 aliphatic carbocycles. The first kappa shape index (κ1) is 17.3. The van der Waals surface area contributed by atoms with Gasteiger partial charge in [0.15, 0.2) is 5.65 Å². The Bertz CT molecular complexity index is 923. The van der Waals surface area contributed by atoms with E-state index >= 15 is 0 Å². The van der Waals surface area contributed by atoms with Gasteiger partial charge in [-0.1, -0.05) is 12.1 Å². The predicted molar refractivity (Wildman–Crippen MR) is 93.3 cm³/mol. The minimum atomic E-state index is -0.512. The SMILES string of the molecule is Cc1cccc(F)c1COC(=O)N1CCOC(c2nc3ncncc3[nH]2)C1. The number of aromatic amines is 1. The van der Waals surface area contributed by atoms with Gasteiger partial charge >= 0.3 is 6.09 Å². The van der Waals surface area contributed by atoms with Crippen LogP contribution in [0.3, 0.4) is 0 Å². The van der Waals surface area contributed by atoms with Crippen molar-refractivity contribution in [2.24, 2.45) is 0 Å². The molecule has 1 aliphatic heterocycles. The average Bonchev–Trinajstić information content (AvgIpc) is 3.12. The maximum Gasteiger partial charge on any atom is 0.410 e. The van der Waals surface area contributed by atoms with E-state index in [0.717, 1.165) is 5.56 Å². The highest BCUT2D eigenvalue weighted by Gasteiger charge is 2.28. The molecule has 4 rings (SSSR count). The highest BCUT2D eigenvalue weighted by atomic mass is 19.1. The highest BCUT2D eigenvalue weighted by molar-refractivity contribution is 5.69. The molecule has 140 valence electrons. The number of benzene rings is 1. The lowest BCUT2D eigenvalue weighted by Crippen LogP contribution is -2.42. The fourth-order valence-corrected chi connectivity index (χ4v) is 2.99. The normalized spacial score (nSPS) is 17.3. The quantitative estimate of drug-likeness (QED) is 0.760. The number of halogens is 1. The van der Waals surface area contributed by atoms with Crippen molar-refractivity contribution in [3.05, 3.63) is 53.5 Å². The molecule has 27 heavy (non-hydrogen) atoms. The Labute approximate surface area is 154 Å². The molecule has 1 unspecified atom stereocenters. The fraction of sp³-hybridized carbons (Fsp3) is 0.333. The molecule has 1 N–H and O–H groups in total. The van der Waals surface area contributed by atoms with Crippen LogP contribution in [0.25, 0.3) is 11.2 Å². The molecule has 0 saturated carbocycles. The smallest absolute Gasteiger partial charge is 0.410 e. The summed E-state index contributed by atoms with van der Waals surface area (Å²) in [7, 11) is 0. The molecule has 0 bridgehead atoms. The summed E-state index contributed by atoms with van der Waals surface area (Å²) in [4.78, 5) is 29.5. The lowest BCUT2D eigenvalue weighted by molar-refractivity contribution is -0.0331. The second-order valence-corrected chi connectivity index (χ2v) is 6.28. The molecule has 9 heteroatoms. The number of nitrogens with one attached hydrogen (secondary N) is 1. The van der Waals surface area contributed by atoms with Crippen LogP contribution in [-0.2, 0) is 16.1 Å². The van der Waals surface area contributed by atoms with Gasteiger partial charge in [0.2, 0.25) is 0 Å². The van der Waals surface area contributed by atoms with E-state index in [9.17, 15) is 9.18 Å². The summed E-state index contributed by atoms with van der Waals surface area (Å²) < 4.78 is 24.9. The van der Waals surface area contributed by atoms with Crippen LogP contribution in [0.4, 0.5) is 9.18 Å². The van der Waals surface area contributed by atoms with Crippen molar-refractivity contribution in [2.75, 3.05) is 19.7 Å². The molecule has 3 heterocycles. The molecule has 1 fully saturated rings. The van der Waals surface area contributed by atoms with Gasteiger partial charge in [-0.25, -0.2) is 24.1 Å². The maximum atomic E-state index is 13.9. The number of aryl methyl sites for hydroxylation is 1. The van der Waals surface area contributed by atoms with Gasteiger partial charge in [0.05, 0.1) is 19.3 Å². The number of morpholine rings is 1. The summed E-state index contributed by atoms with van der Waals surface area (Å²) in [5.74, 6) is 0.194. The Hall–Kier alpha value is -3.07. The number of aromatic nitrogens is 4. The topological polar surface area (TPSA) is 93.2 Å². The minimum Gasteiger partial charge on any atom is -0.444 e. The monoisotopic (exact) mass is 371 g/mol. The molecule has 2 aromatic heterocycles. The lowest BCUT2D eigenvalue weighted by atomic mass is 10.1. The van der Waals surface area contributed by atoms with Crippen LogP contribution in [0.5, 0.6) is 0 Å². The number of imidazole rings is 1. The van der Waals surface area contributed by atoms with Crippen LogP contribution in [0.15, 0.2) is 30.7 Å². The summed E-state index contributed by atoms with van der Waals surface area (Å²) in [6.45, 7) is 2.69. The number of fused-ring (bicyclic) bond motifs is 1. The Morgan fingerprint density at radius 1 is 1.48 bits per heavy atom. The highest BCUT2D eigenvalue weighted by Crippen LogP contribution is 2.22. The number of nitrogens with zero attached hydrogens (tertiary/aromatic N) is 4. The third-order valence-corrected chi connectivity index (χ3v) is 4.50. The Kier molecular flexibility index (Phi) is 4.68. The molecular formula is C18H18FN5O3. The van der Waals surface area contributed by atoms with E-state index in [2.05, 4.69) is 19.9 Å². The molecule has 0 radical (unpaired) electrons. The molecule has 1 aliphatic rings. The molecule has 1 atom stereocenters. The first-order valence-electron chi connectivity index (χ1n) is 8.54. The second kappa shape index (κ2) is 7.28. The van der Waals surface area contributed by atoms with Gasteiger partial charge in [-0.15, -0.1) is 0 Å². The van der Waals surface area contributed by atoms with E-state index in [-0.39, 0.29) is 19.0 Å². The minimum absolute atomic E-state index is 0.112. The molecule has 1 amide bonds. The Morgan fingerprint density at radius 3 is 3.19 bits per heavy atom. The number of hydrogen-bond acceptors (Lipinski definition) is 6. The van der Waals surface area contributed by atoms with Crippen molar-refractivity contribution < 1.29 is 18.7 Å². The number of carbonyl (C=O) groups is 1. The van der Waals surface area contributed by atoms with Crippen molar-refractivity contribution in [2.45, 2.75) is 19.6 Å². The van der Waals surface area contributed by atoms with E-state index in [1.165, 1.54) is 17.3 Å². The van der Waals surface area contributed by atoms with E-state index in [1.54, 1.807) is 25.3 Å². The van der Waals surface area contributed by atoms with E-state index < -0.39 is 12.2 Å². The van der Waals surface area contributed by atoms with Crippen LogP contribution in [0.1, 0.15) is 23.1 Å². The summed E-state index contributed by atoms with van der Waals surface area (Å²) >= 11 is 0. The van der Waals surface area contributed by atoms with Gasteiger partial charge in [-0.2, -0.15) is 0 Å². The van der Waals surface area contributed by atoms with Crippen molar-refractivity contribution in [3.8, 4) is 0 Å².